The van der Waals surface area contributed by atoms with Crippen LogP contribution in [-0.4, -0.2) is 48.6 Å². The maximum absolute atomic E-state index is 13.9. The lowest BCUT2D eigenvalue weighted by molar-refractivity contribution is -0.143. The normalized spacial score (nSPS) is 13.7. The molecule has 0 aromatic heterocycles. The minimum Gasteiger partial charge on any atom is -0.479 e. The molecule has 3 N–H and O–H groups in total. The SMILES string of the molecule is Cc1ccc(N(CCCl)CCCl)cc1C(CN)C(F)C(=O)O. The van der Waals surface area contributed by atoms with Gasteiger partial charge >= 0.3 is 5.97 Å². The molecule has 0 bridgehead atoms. The fourth-order valence-corrected chi connectivity index (χ4v) is 2.78. The third-order valence-electron chi connectivity index (χ3n) is 3.58. The Hall–Kier alpha value is -1.04. The number of anilines is 1. The number of halogens is 3. The molecule has 4 nitrogen and oxygen atoms in total. The van der Waals surface area contributed by atoms with E-state index < -0.39 is 18.1 Å². The molecular weight excluding hydrogens is 330 g/mol. The van der Waals surface area contributed by atoms with Gasteiger partial charge in [0, 0.05) is 43.0 Å². The van der Waals surface area contributed by atoms with Gasteiger partial charge in [-0.3, -0.25) is 0 Å². The van der Waals surface area contributed by atoms with E-state index in [1.54, 1.807) is 6.07 Å². The number of carboxylic acid groups (broad SMARTS) is 1. The van der Waals surface area contributed by atoms with Crippen LogP contribution in [0.25, 0.3) is 0 Å². The molecule has 1 aromatic rings. The van der Waals surface area contributed by atoms with Crippen LogP contribution in [0.15, 0.2) is 18.2 Å². The summed E-state index contributed by atoms with van der Waals surface area (Å²) in [6.45, 7) is 2.93. The van der Waals surface area contributed by atoms with Crippen molar-refractivity contribution in [1.82, 2.24) is 0 Å². The van der Waals surface area contributed by atoms with Crippen molar-refractivity contribution < 1.29 is 14.3 Å². The monoisotopic (exact) mass is 350 g/mol. The third kappa shape index (κ3) is 4.73. The van der Waals surface area contributed by atoms with Crippen molar-refractivity contribution in [2.24, 2.45) is 5.73 Å². The van der Waals surface area contributed by atoms with E-state index in [1.165, 1.54) is 0 Å². The van der Waals surface area contributed by atoms with Crippen molar-refractivity contribution in [2.45, 2.75) is 19.0 Å². The smallest absolute Gasteiger partial charge is 0.338 e. The van der Waals surface area contributed by atoms with Crippen LogP contribution >= 0.6 is 23.2 Å². The zero-order valence-corrected chi connectivity index (χ0v) is 13.9. The predicted molar refractivity (Wildman–Crippen MR) is 89.2 cm³/mol. The molecule has 2 unspecified atom stereocenters. The summed E-state index contributed by atoms with van der Waals surface area (Å²) in [6, 6.07) is 5.50. The van der Waals surface area contributed by atoms with Gasteiger partial charge in [0.15, 0.2) is 0 Å². The summed E-state index contributed by atoms with van der Waals surface area (Å²) in [5.74, 6) is -1.52. The van der Waals surface area contributed by atoms with E-state index in [1.807, 2.05) is 24.0 Å². The topological polar surface area (TPSA) is 66.6 Å². The highest BCUT2D eigenvalue weighted by Crippen LogP contribution is 2.29. The standard InChI is InChI=1S/C15H21Cl2FN2O2/c1-10-2-3-11(20(6-4-16)7-5-17)8-12(10)13(9-19)14(18)15(21)22/h2-3,8,13-14H,4-7,9,19H2,1H3,(H,21,22). The zero-order chi connectivity index (χ0) is 16.7. The number of alkyl halides is 3. The van der Waals surface area contributed by atoms with Crippen molar-refractivity contribution in [3.05, 3.63) is 29.3 Å². The van der Waals surface area contributed by atoms with Crippen molar-refractivity contribution in [2.75, 3.05) is 36.3 Å². The van der Waals surface area contributed by atoms with E-state index in [9.17, 15) is 9.18 Å². The minimum absolute atomic E-state index is 0.0806. The molecule has 2 atom stereocenters. The van der Waals surface area contributed by atoms with Crippen molar-refractivity contribution in [3.8, 4) is 0 Å². The molecule has 0 aliphatic rings. The Morgan fingerprint density at radius 1 is 1.36 bits per heavy atom. The van der Waals surface area contributed by atoms with Crippen LogP contribution in [0.2, 0.25) is 0 Å². The number of hydrogen-bond donors (Lipinski definition) is 2. The fourth-order valence-electron chi connectivity index (χ4n) is 2.37. The zero-order valence-electron chi connectivity index (χ0n) is 12.4. The molecule has 0 fully saturated rings. The van der Waals surface area contributed by atoms with Crippen molar-refractivity contribution in [1.29, 1.82) is 0 Å². The highest BCUT2D eigenvalue weighted by Gasteiger charge is 2.29. The Bertz CT molecular complexity index is 496. The Labute approximate surface area is 140 Å². The van der Waals surface area contributed by atoms with Gasteiger partial charge in [-0.25, -0.2) is 9.18 Å². The molecule has 7 heteroatoms. The average molecular weight is 351 g/mol. The van der Waals surface area contributed by atoms with E-state index in [0.717, 1.165) is 11.3 Å². The molecular formula is C15H21Cl2FN2O2. The molecule has 0 saturated heterocycles. The molecule has 0 saturated carbocycles. The maximum Gasteiger partial charge on any atom is 0.338 e. The summed E-state index contributed by atoms with van der Waals surface area (Å²) in [5.41, 5.74) is 7.83. The molecule has 1 rings (SSSR count). The molecule has 0 aliphatic heterocycles. The van der Waals surface area contributed by atoms with Crippen molar-refractivity contribution in [3.63, 3.8) is 0 Å². The summed E-state index contributed by atoms with van der Waals surface area (Å²) >= 11 is 11.6. The molecule has 22 heavy (non-hydrogen) atoms. The van der Waals surface area contributed by atoms with Crippen LogP contribution < -0.4 is 10.6 Å². The third-order valence-corrected chi connectivity index (χ3v) is 3.92. The van der Waals surface area contributed by atoms with E-state index in [2.05, 4.69) is 0 Å². The average Bonchev–Trinajstić information content (AvgIpc) is 2.49. The fraction of sp³-hybridized carbons (Fsp3) is 0.533. The minimum atomic E-state index is -2.03. The Kier molecular flexibility index (Phi) is 7.93. The molecule has 0 aliphatic carbocycles. The number of rotatable bonds is 9. The van der Waals surface area contributed by atoms with Gasteiger partial charge < -0.3 is 15.7 Å². The summed E-state index contributed by atoms with van der Waals surface area (Å²) < 4.78 is 13.9. The van der Waals surface area contributed by atoms with E-state index >= 15 is 0 Å². The van der Waals surface area contributed by atoms with Gasteiger partial charge in [-0.05, 0) is 30.2 Å². The first-order chi connectivity index (χ1) is 10.5. The summed E-state index contributed by atoms with van der Waals surface area (Å²) in [6.07, 6.45) is -2.03. The number of benzene rings is 1. The van der Waals surface area contributed by atoms with Crippen LogP contribution in [0.3, 0.4) is 0 Å². The first kappa shape index (κ1) is 19.0. The van der Waals surface area contributed by atoms with Gasteiger partial charge in [-0.1, -0.05) is 6.07 Å². The number of nitrogens with zero attached hydrogens (tertiary/aromatic N) is 1. The first-order valence-corrected chi connectivity index (χ1v) is 8.07. The van der Waals surface area contributed by atoms with Crippen LogP contribution in [0.1, 0.15) is 17.0 Å². The van der Waals surface area contributed by atoms with Gasteiger partial charge in [0.05, 0.1) is 0 Å². The lowest BCUT2D eigenvalue weighted by Gasteiger charge is -2.26. The second-order valence-electron chi connectivity index (χ2n) is 4.99. The number of carboxylic acids is 1. The second kappa shape index (κ2) is 9.18. The van der Waals surface area contributed by atoms with Gasteiger partial charge in [-0.2, -0.15) is 0 Å². The van der Waals surface area contributed by atoms with Crippen molar-refractivity contribution >= 4 is 34.9 Å². The van der Waals surface area contributed by atoms with E-state index in [-0.39, 0.29) is 6.54 Å². The molecule has 0 radical (unpaired) electrons. The summed E-state index contributed by atoms with van der Waals surface area (Å²) in [5, 5.41) is 8.91. The Balaban J connectivity index is 3.18. The van der Waals surface area contributed by atoms with E-state index in [0.29, 0.717) is 30.4 Å². The first-order valence-electron chi connectivity index (χ1n) is 7.00. The number of nitrogens with two attached hydrogens (primary N) is 1. The van der Waals surface area contributed by atoms with Gasteiger partial charge in [0.2, 0.25) is 6.17 Å². The highest BCUT2D eigenvalue weighted by molar-refractivity contribution is 6.18. The van der Waals surface area contributed by atoms with Crippen LogP contribution in [-0.2, 0) is 4.79 Å². The largest absolute Gasteiger partial charge is 0.479 e. The molecule has 0 amide bonds. The predicted octanol–water partition coefficient (Wildman–Crippen LogP) is 2.74. The maximum atomic E-state index is 13.9. The van der Waals surface area contributed by atoms with Gasteiger partial charge in [0.25, 0.3) is 0 Å². The lowest BCUT2D eigenvalue weighted by Crippen LogP contribution is -2.31. The summed E-state index contributed by atoms with van der Waals surface area (Å²) in [4.78, 5) is 12.9. The second-order valence-corrected chi connectivity index (χ2v) is 5.74. The lowest BCUT2D eigenvalue weighted by atomic mass is 9.90. The van der Waals surface area contributed by atoms with Crippen LogP contribution in [0, 0.1) is 6.92 Å². The number of aliphatic carboxylic acids is 1. The van der Waals surface area contributed by atoms with Crippen LogP contribution in [0.4, 0.5) is 10.1 Å². The van der Waals surface area contributed by atoms with Crippen LogP contribution in [0.5, 0.6) is 0 Å². The highest BCUT2D eigenvalue weighted by atomic mass is 35.5. The molecule has 124 valence electrons. The quantitative estimate of drug-likeness (QED) is 0.672. The number of hydrogen-bond acceptors (Lipinski definition) is 3. The molecule has 1 aromatic carbocycles. The Morgan fingerprint density at radius 2 is 1.95 bits per heavy atom. The number of aryl methyl sites for hydroxylation is 1. The summed E-state index contributed by atoms with van der Waals surface area (Å²) in [7, 11) is 0. The van der Waals surface area contributed by atoms with Gasteiger partial charge in [-0.15, -0.1) is 23.2 Å². The van der Waals surface area contributed by atoms with Gasteiger partial charge in [0.1, 0.15) is 0 Å². The number of carbonyl (C=O) groups is 1. The van der Waals surface area contributed by atoms with E-state index in [4.69, 9.17) is 34.0 Å². The molecule has 0 spiro atoms. The molecule has 0 heterocycles. The Morgan fingerprint density at radius 3 is 2.41 bits per heavy atom.